The number of aromatic nitrogens is 2. The number of primary sulfonamides is 1. The average Bonchev–Trinajstić information content (AvgIpc) is 2.59. The van der Waals surface area contributed by atoms with Crippen LogP contribution in [0.2, 0.25) is 10.0 Å². The fourth-order valence-corrected chi connectivity index (χ4v) is 3.37. The minimum absolute atomic E-state index is 0.118. The highest BCUT2D eigenvalue weighted by Gasteiger charge is 2.13. The van der Waals surface area contributed by atoms with Gasteiger partial charge in [-0.25, -0.2) is 23.5 Å². The number of halogens is 2. The van der Waals surface area contributed by atoms with Crippen LogP contribution in [0.4, 0.5) is 5.69 Å². The summed E-state index contributed by atoms with van der Waals surface area (Å²) < 4.78 is 28.2. The predicted octanol–water partition coefficient (Wildman–Crippen LogP) is 2.60. The molecular formula is C16H12Cl2N4O4S. The minimum atomic E-state index is -3.87. The summed E-state index contributed by atoms with van der Waals surface area (Å²) in [5.74, 6) is -0.390. The third-order valence-corrected chi connectivity index (χ3v) is 4.82. The summed E-state index contributed by atoms with van der Waals surface area (Å²) in [4.78, 5) is 20.0. The summed E-state index contributed by atoms with van der Waals surface area (Å²) in [7, 11) is -3.87. The summed E-state index contributed by atoms with van der Waals surface area (Å²) in [6, 6.07) is 8.65. The molecular weight excluding hydrogens is 415 g/mol. The Kier molecular flexibility index (Phi) is 5.47. The molecule has 3 rings (SSSR count). The number of hydrogen-bond acceptors (Lipinski definition) is 6. The number of sulfonamides is 1. The molecule has 2 aromatic carbocycles. The molecule has 0 aliphatic rings. The van der Waals surface area contributed by atoms with E-state index >= 15 is 0 Å². The van der Waals surface area contributed by atoms with E-state index in [0.29, 0.717) is 20.9 Å². The molecule has 0 atom stereocenters. The summed E-state index contributed by atoms with van der Waals surface area (Å²) in [5.41, 5.74) is 0.695. The van der Waals surface area contributed by atoms with Crippen molar-refractivity contribution in [2.45, 2.75) is 4.90 Å². The highest BCUT2D eigenvalue weighted by atomic mass is 35.5. The molecule has 0 bridgehead atoms. The highest BCUT2D eigenvalue weighted by Crippen LogP contribution is 2.30. The van der Waals surface area contributed by atoms with E-state index in [4.69, 9.17) is 33.1 Å². The molecule has 3 aromatic rings. The van der Waals surface area contributed by atoms with Gasteiger partial charge in [0.1, 0.15) is 6.33 Å². The standard InChI is InChI=1S/C16H12Cl2N4O4S/c17-9-4-12-15(13(18)5-9)20-8-21-16(12)26-7-14(23)22-10-2-1-3-11(6-10)27(19,24)25/h1-6,8H,7H2,(H,22,23)(H2,19,24,25). The first-order valence-electron chi connectivity index (χ1n) is 7.39. The Hall–Kier alpha value is -2.46. The summed E-state index contributed by atoms with van der Waals surface area (Å²) in [6.07, 6.45) is 1.25. The molecule has 8 nitrogen and oxygen atoms in total. The molecule has 0 spiro atoms. The Balaban J connectivity index is 1.74. The molecule has 0 unspecified atom stereocenters. The van der Waals surface area contributed by atoms with E-state index in [1.54, 1.807) is 6.07 Å². The number of fused-ring (bicyclic) bond motifs is 1. The first kappa shape index (κ1) is 19.3. The van der Waals surface area contributed by atoms with Gasteiger partial charge in [-0.2, -0.15) is 0 Å². The van der Waals surface area contributed by atoms with Crippen LogP contribution in [0.1, 0.15) is 0 Å². The van der Waals surface area contributed by atoms with E-state index in [2.05, 4.69) is 15.3 Å². The van der Waals surface area contributed by atoms with Crippen LogP contribution < -0.4 is 15.2 Å². The van der Waals surface area contributed by atoms with E-state index < -0.39 is 15.9 Å². The number of nitrogens with zero attached hydrogens (tertiary/aromatic N) is 2. The van der Waals surface area contributed by atoms with Gasteiger partial charge in [0.05, 0.1) is 20.8 Å². The first-order valence-corrected chi connectivity index (χ1v) is 9.69. The Labute approximate surface area is 164 Å². The number of rotatable bonds is 5. The lowest BCUT2D eigenvalue weighted by molar-refractivity contribution is -0.118. The number of carbonyl (C=O) groups is 1. The van der Waals surface area contributed by atoms with Gasteiger partial charge in [-0.15, -0.1) is 0 Å². The van der Waals surface area contributed by atoms with Crippen LogP contribution in [0.3, 0.4) is 0 Å². The third kappa shape index (κ3) is 4.64. The van der Waals surface area contributed by atoms with Crippen LogP contribution in [-0.4, -0.2) is 30.9 Å². The molecule has 0 aliphatic heterocycles. The van der Waals surface area contributed by atoms with Crippen molar-refractivity contribution < 1.29 is 17.9 Å². The van der Waals surface area contributed by atoms with Gasteiger partial charge in [0.15, 0.2) is 6.61 Å². The van der Waals surface area contributed by atoms with Crippen LogP contribution in [0.15, 0.2) is 47.6 Å². The third-order valence-electron chi connectivity index (χ3n) is 3.41. The van der Waals surface area contributed by atoms with Crippen LogP contribution in [0.25, 0.3) is 10.9 Å². The second-order valence-electron chi connectivity index (χ2n) is 5.37. The molecule has 0 fully saturated rings. The number of amides is 1. The van der Waals surface area contributed by atoms with Crippen molar-refractivity contribution in [2.24, 2.45) is 5.14 Å². The largest absolute Gasteiger partial charge is 0.467 e. The van der Waals surface area contributed by atoms with E-state index in [-0.39, 0.29) is 23.1 Å². The van der Waals surface area contributed by atoms with Crippen LogP contribution in [-0.2, 0) is 14.8 Å². The van der Waals surface area contributed by atoms with Gasteiger partial charge in [0, 0.05) is 10.7 Å². The van der Waals surface area contributed by atoms with Crippen molar-refractivity contribution in [1.82, 2.24) is 9.97 Å². The zero-order valence-corrected chi connectivity index (χ0v) is 15.8. The fraction of sp³-hybridized carbons (Fsp3) is 0.0625. The van der Waals surface area contributed by atoms with E-state index in [0.717, 1.165) is 0 Å². The lowest BCUT2D eigenvalue weighted by Gasteiger charge is -2.10. The van der Waals surface area contributed by atoms with E-state index in [9.17, 15) is 13.2 Å². The molecule has 1 heterocycles. The Morgan fingerprint density at radius 2 is 1.96 bits per heavy atom. The first-order chi connectivity index (χ1) is 12.7. The van der Waals surface area contributed by atoms with E-state index in [1.807, 2.05) is 0 Å². The average molecular weight is 427 g/mol. The highest BCUT2D eigenvalue weighted by molar-refractivity contribution is 7.89. The number of nitrogens with one attached hydrogen (secondary N) is 1. The molecule has 0 saturated carbocycles. The molecule has 11 heteroatoms. The lowest BCUT2D eigenvalue weighted by Crippen LogP contribution is -2.21. The SMILES string of the molecule is NS(=O)(=O)c1cccc(NC(=O)COc2ncnc3c(Cl)cc(Cl)cc23)c1. The second kappa shape index (κ2) is 7.65. The fourth-order valence-electron chi connectivity index (χ4n) is 2.27. The summed E-state index contributed by atoms with van der Waals surface area (Å²) >= 11 is 12.1. The van der Waals surface area contributed by atoms with Gasteiger partial charge in [0.25, 0.3) is 5.91 Å². The monoisotopic (exact) mass is 426 g/mol. The van der Waals surface area contributed by atoms with Crippen molar-refractivity contribution in [1.29, 1.82) is 0 Å². The number of carbonyl (C=O) groups excluding carboxylic acids is 1. The smallest absolute Gasteiger partial charge is 0.262 e. The number of anilines is 1. The number of hydrogen-bond donors (Lipinski definition) is 2. The van der Waals surface area contributed by atoms with Crippen LogP contribution >= 0.6 is 23.2 Å². The second-order valence-corrected chi connectivity index (χ2v) is 7.78. The van der Waals surface area contributed by atoms with Crippen LogP contribution in [0, 0.1) is 0 Å². The molecule has 0 saturated heterocycles. The van der Waals surface area contributed by atoms with Gasteiger partial charge in [-0.3, -0.25) is 4.79 Å². The Morgan fingerprint density at radius 3 is 2.70 bits per heavy atom. The molecule has 27 heavy (non-hydrogen) atoms. The zero-order valence-electron chi connectivity index (χ0n) is 13.5. The Morgan fingerprint density at radius 1 is 1.19 bits per heavy atom. The molecule has 1 aromatic heterocycles. The molecule has 3 N–H and O–H groups in total. The predicted molar refractivity (Wildman–Crippen MR) is 101 cm³/mol. The van der Waals surface area contributed by atoms with Crippen LogP contribution in [0.5, 0.6) is 5.88 Å². The van der Waals surface area contributed by atoms with Gasteiger partial charge >= 0.3 is 0 Å². The van der Waals surface area contributed by atoms with Crippen molar-refractivity contribution in [2.75, 3.05) is 11.9 Å². The molecule has 1 amide bonds. The molecule has 140 valence electrons. The zero-order chi connectivity index (χ0) is 19.6. The maximum absolute atomic E-state index is 12.1. The Bertz CT molecular complexity index is 1140. The minimum Gasteiger partial charge on any atom is -0.467 e. The summed E-state index contributed by atoms with van der Waals surface area (Å²) in [5, 5.41) is 8.74. The number of ether oxygens (including phenoxy) is 1. The lowest BCUT2D eigenvalue weighted by atomic mass is 10.2. The van der Waals surface area contributed by atoms with Gasteiger partial charge in [0.2, 0.25) is 15.9 Å². The maximum atomic E-state index is 12.1. The molecule has 0 aliphatic carbocycles. The van der Waals surface area contributed by atoms with Crippen molar-refractivity contribution in [3.63, 3.8) is 0 Å². The van der Waals surface area contributed by atoms with Crippen molar-refractivity contribution >= 4 is 55.7 Å². The topological polar surface area (TPSA) is 124 Å². The number of benzene rings is 2. The maximum Gasteiger partial charge on any atom is 0.262 e. The quantitative estimate of drug-likeness (QED) is 0.645. The number of nitrogens with two attached hydrogens (primary N) is 1. The van der Waals surface area contributed by atoms with E-state index in [1.165, 1.54) is 36.7 Å². The van der Waals surface area contributed by atoms with Gasteiger partial charge in [-0.1, -0.05) is 29.3 Å². The molecule has 0 radical (unpaired) electrons. The van der Waals surface area contributed by atoms with Crippen molar-refractivity contribution in [3.05, 3.63) is 52.8 Å². The van der Waals surface area contributed by atoms with Crippen molar-refractivity contribution in [3.8, 4) is 5.88 Å². The summed E-state index contributed by atoms with van der Waals surface area (Å²) in [6.45, 7) is -0.379. The van der Waals surface area contributed by atoms with Gasteiger partial charge in [-0.05, 0) is 30.3 Å². The van der Waals surface area contributed by atoms with Gasteiger partial charge < -0.3 is 10.1 Å². The normalized spacial score (nSPS) is 11.4.